The maximum Gasteiger partial charge on any atom is 0.140 e. The number of fused-ring (bicyclic) bond motifs is 1. The van der Waals surface area contributed by atoms with E-state index in [9.17, 15) is 0 Å². The van der Waals surface area contributed by atoms with Gasteiger partial charge in [0.15, 0.2) is 0 Å². The summed E-state index contributed by atoms with van der Waals surface area (Å²) in [6.07, 6.45) is 6.33. The first-order chi connectivity index (χ1) is 15.8. The summed E-state index contributed by atoms with van der Waals surface area (Å²) in [7, 11) is 1.70. The average molecular weight is 431 g/mol. The van der Waals surface area contributed by atoms with Crippen molar-refractivity contribution in [3.8, 4) is 17.0 Å². The molecule has 4 aromatic rings. The molecule has 32 heavy (non-hydrogen) atoms. The Balaban J connectivity index is 1.38. The largest absolute Gasteiger partial charge is 0.497 e. The van der Waals surface area contributed by atoms with Crippen LogP contribution in [-0.4, -0.2) is 51.4 Å². The van der Waals surface area contributed by atoms with E-state index in [1.54, 1.807) is 7.11 Å². The number of H-pyrrole nitrogens is 1. The molecule has 0 unspecified atom stereocenters. The third-order valence-corrected chi connectivity index (χ3v) is 6.23. The van der Waals surface area contributed by atoms with E-state index in [-0.39, 0.29) is 0 Å². The quantitative estimate of drug-likeness (QED) is 0.422. The number of aromatic amines is 1. The number of benzene rings is 1. The predicted octanol–water partition coefficient (Wildman–Crippen LogP) is 3.82. The fourth-order valence-corrected chi connectivity index (χ4v) is 4.49. The zero-order valence-corrected chi connectivity index (χ0v) is 18.6. The molecular weight excluding hydrogens is 400 g/mol. The smallest absolute Gasteiger partial charge is 0.140 e. The third kappa shape index (κ3) is 4.54. The standard InChI is InChI=1S/C25H30N6O/c1-32-23-6-4-5-19(13-23)15-26-18-22-14-20-7-8-24(21-16-27-28-17-21)29-25(20)31(22)12-11-30-9-2-3-10-30/h4-8,13-14,16-17,26H,2-3,9-12,15,18H2,1H3,(H,27,28). The highest BCUT2D eigenvalue weighted by molar-refractivity contribution is 5.80. The first-order valence-corrected chi connectivity index (χ1v) is 11.3. The van der Waals surface area contributed by atoms with Gasteiger partial charge in [-0.1, -0.05) is 12.1 Å². The van der Waals surface area contributed by atoms with Gasteiger partial charge in [0.2, 0.25) is 0 Å². The van der Waals surface area contributed by atoms with E-state index in [0.29, 0.717) is 0 Å². The number of rotatable bonds is 9. The van der Waals surface area contributed by atoms with Crippen LogP contribution in [0.3, 0.4) is 0 Å². The van der Waals surface area contributed by atoms with Gasteiger partial charge >= 0.3 is 0 Å². The molecule has 1 aromatic carbocycles. The minimum Gasteiger partial charge on any atom is -0.497 e. The number of pyridine rings is 1. The Labute approximate surface area is 188 Å². The number of nitrogens with zero attached hydrogens (tertiary/aromatic N) is 4. The Bertz CT molecular complexity index is 1160. The molecule has 166 valence electrons. The minimum absolute atomic E-state index is 0.786. The van der Waals surface area contributed by atoms with Gasteiger partial charge in [-0.2, -0.15) is 5.10 Å². The Morgan fingerprint density at radius 2 is 1.97 bits per heavy atom. The summed E-state index contributed by atoms with van der Waals surface area (Å²) in [6.45, 7) is 5.99. The zero-order valence-electron chi connectivity index (χ0n) is 18.6. The Kier molecular flexibility index (Phi) is 6.18. The topological polar surface area (TPSA) is 71.0 Å². The summed E-state index contributed by atoms with van der Waals surface area (Å²) < 4.78 is 7.73. The number of aromatic nitrogens is 4. The maximum absolute atomic E-state index is 5.35. The van der Waals surface area contributed by atoms with Gasteiger partial charge in [-0.15, -0.1) is 0 Å². The lowest BCUT2D eigenvalue weighted by molar-refractivity contribution is 0.322. The van der Waals surface area contributed by atoms with Crippen LogP contribution in [0.5, 0.6) is 5.75 Å². The van der Waals surface area contributed by atoms with Gasteiger partial charge in [0.05, 0.1) is 19.0 Å². The number of likely N-dealkylation sites (tertiary alicyclic amines) is 1. The van der Waals surface area contributed by atoms with Gasteiger partial charge in [0.25, 0.3) is 0 Å². The first kappa shape index (κ1) is 20.7. The molecule has 0 amide bonds. The molecule has 7 heteroatoms. The molecule has 0 spiro atoms. The molecule has 5 rings (SSSR count). The lowest BCUT2D eigenvalue weighted by Crippen LogP contribution is -2.25. The monoisotopic (exact) mass is 430 g/mol. The second-order valence-electron chi connectivity index (χ2n) is 8.39. The van der Waals surface area contributed by atoms with Crippen molar-refractivity contribution in [2.75, 3.05) is 26.7 Å². The highest BCUT2D eigenvalue weighted by Gasteiger charge is 2.15. The molecule has 1 aliphatic heterocycles. The van der Waals surface area contributed by atoms with Crippen LogP contribution in [0.25, 0.3) is 22.3 Å². The number of hydrogen-bond acceptors (Lipinski definition) is 5. The Morgan fingerprint density at radius 3 is 2.78 bits per heavy atom. The van der Waals surface area contributed by atoms with Crippen LogP contribution in [0.2, 0.25) is 0 Å². The summed E-state index contributed by atoms with van der Waals surface area (Å²) in [5, 5.41) is 11.8. The van der Waals surface area contributed by atoms with Crippen molar-refractivity contribution in [2.45, 2.75) is 32.5 Å². The van der Waals surface area contributed by atoms with Crippen LogP contribution in [0.15, 0.2) is 54.9 Å². The molecule has 7 nitrogen and oxygen atoms in total. The SMILES string of the molecule is COc1cccc(CNCc2cc3ccc(-c4cn[nH]c4)nc3n2CCN2CCCC2)c1. The molecule has 0 aliphatic carbocycles. The van der Waals surface area contributed by atoms with Crippen LogP contribution in [-0.2, 0) is 19.6 Å². The third-order valence-electron chi connectivity index (χ3n) is 6.23. The van der Waals surface area contributed by atoms with Crippen molar-refractivity contribution in [3.05, 3.63) is 66.1 Å². The van der Waals surface area contributed by atoms with E-state index < -0.39 is 0 Å². The second kappa shape index (κ2) is 9.54. The van der Waals surface area contributed by atoms with Crippen LogP contribution in [0.1, 0.15) is 24.1 Å². The molecule has 0 saturated carbocycles. The number of hydrogen-bond donors (Lipinski definition) is 2. The van der Waals surface area contributed by atoms with Crippen molar-refractivity contribution in [1.29, 1.82) is 0 Å². The highest BCUT2D eigenvalue weighted by Crippen LogP contribution is 2.24. The number of ether oxygens (including phenoxy) is 1. The van der Waals surface area contributed by atoms with Crippen molar-refractivity contribution >= 4 is 11.0 Å². The van der Waals surface area contributed by atoms with E-state index in [1.807, 2.05) is 24.5 Å². The van der Waals surface area contributed by atoms with E-state index >= 15 is 0 Å². The van der Waals surface area contributed by atoms with Gasteiger partial charge < -0.3 is 19.5 Å². The second-order valence-corrected chi connectivity index (χ2v) is 8.39. The first-order valence-electron chi connectivity index (χ1n) is 11.3. The molecule has 0 atom stereocenters. The molecule has 4 heterocycles. The normalized spacial score (nSPS) is 14.4. The van der Waals surface area contributed by atoms with Gasteiger partial charge in [-0.05, 0) is 61.8 Å². The summed E-state index contributed by atoms with van der Waals surface area (Å²) in [5.74, 6) is 0.889. The van der Waals surface area contributed by atoms with Crippen molar-refractivity contribution < 1.29 is 4.74 Å². The Hall–Kier alpha value is -3.16. The molecule has 0 radical (unpaired) electrons. The van der Waals surface area contributed by atoms with Crippen molar-refractivity contribution in [3.63, 3.8) is 0 Å². The van der Waals surface area contributed by atoms with E-state index in [2.05, 4.69) is 55.3 Å². The highest BCUT2D eigenvalue weighted by atomic mass is 16.5. The van der Waals surface area contributed by atoms with Crippen LogP contribution >= 0.6 is 0 Å². The molecular formula is C25H30N6O. The van der Waals surface area contributed by atoms with Gasteiger partial charge in [0.1, 0.15) is 11.4 Å². The van der Waals surface area contributed by atoms with Crippen molar-refractivity contribution in [2.24, 2.45) is 0 Å². The lowest BCUT2D eigenvalue weighted by atomic mass is 10.2. The number of methoxy groups -OCH3 is 1. The Morgan fingerprint density at radius 1 is 1.06 bits per heavy atom. The van der Waals surface area contributed by atoms with Crippen LogP contribution < -0.4 is 10.1 Å². The van der Waals surface area contributed by atoms with E-state index in [4.69, 9.17) is 9.72 Å². The van der Waals surface area contributed by atoms with E-state index in [0.717, 1.165) is 48.8 Å². The molecule has 2 N–H and O–H groups in total. The average Bonchev–Trinajstić information content (AvgIpc) is 3.59. The predicted molar refractivity (Wildman–Crippen MR) is 127 cm³/mol. The summed E-state index contributed by atoms with van der Waals surface area (Å²) >= 11 is 0. The fourth-order valence-electron chi connectivity index (χ4n) is 4.49. The molecule has 1 fully saturated rings. The molecule has 3 aromatic heterocycles. The van der Waals surface area contributed by atoms with E-state index in [1.165, 1.54) is 42.6 Å². The fraction of sp³-hybridized carbons (Fsp3) is 0.360. The zero-order chi connectivity index (χ0) is 21.8. The number of nitrogens with one attached hydrogen (secondary N) is 2. The van der Waals surface area contributed by atoms with Crippen molar-refractivity contribution in [1.82, 2.24) is 30.0 Å². The van der Waals surface area contributed by atoms with Gasteiger partial charge in [-0.25, -0.2) is 4.98 Å². The molecule has 1 saturated heterocycles. The van der Waals surface area contributed by atoms with Gasteiger partial charge in [-0.3, -0.25) is 5.10 Å². The lowest BCUT2D eigenvalue weighted by Gasteiger charge is -2.17. The molecule has 1 aliphatic rings. The minimum atomic E-state index is 0.786. The molecule has 0 bridgehead atoms. The van der Waals surface area contributed by atoms with Crippen LogP contribution in [0.4, 0.5) is 0 Å². The summed E-state index contributed by atoms with van der Waals surface area (Å²) in [4.78, 5) is 7.57. The maximum atomic E-state index is 5.35. The summed E-state index contributed by atoms with van der Waals surface area (Å²) in [5.41, 5.74) is 5.48. The van der Waals surface area contributed by atoms with Gasteiger partial charge in [0, 0.05) is 49.0 Å². The van der Waals surface area contributed by atoms with Crippen LogP contribution in [0, 0.1) is 0 Å². The summed E-state index contributed by atoms with van der Waals surface area (Å²) in [6, 6.07) is 14.7.